The monoisotopic (exact) mass is 337 g/mol. The first kappa shape index (κ1) is 16.5. The van der Waals surface area contributed by atoms with Crippen LogP contribution in [0, 0.1) is 5.82 Å². The molecule has 0 fully saturated rings. The average molecular weight is 337 g/mol. The Morgan fingerprint density at radius 2 is 1.64 bits per heavy atom. The summed E-state index contributed by atoms with van der Waals surface area (Å²) >= 11 is 0. The largest absolute Gasteiger partial charge is 0.507 e. The lowest BCUT2D eigenvalue weighted by molar-refractivity contribution is 0.319. The highest BCUT2D eigenvalue weighted by Crippen LogP contribution is 2.30. The van der Waals surface area contributed by atoms with E-state index in [0.717, 1.165) is 0 Å². The lowest BCUT2D eigenvalue weighted by atomic mass is 9.96. The highest BCUT2D eigenvalue weighted by Gasteiger charge is 2.14. The van der Waals surface area contributed by atoms with Crippen LogP contribution in [0.15, 0.2) is 71.9 Å². The smallest absolute Gasteiger partial charge is 0.165 e. The van der Waals surface area contributed by atoms with E-state index in [1.807, 2.05) is 6.07 Å². The molecule has 3 rings (SSSR count). The Morgan fingerprint density at radius 1 is 0.960 bits per heavy atom. The topological polar surface area (TPSA) is 62.0 Å². The molecular weight excluding hydrogens is 321 g/mol. The van der Waals surface area contributed by atoms with E-state index in [4.69, 9.17) is 4.74 Å². The van der Waals surface area contributed by atoms with Gasteiger partial charge >= 0.3 is 0 Å². The van der Waals surface area contributed by atoms with Crippen LogP contribution < -0.4 is 4.74 Å². The number of nitrogens with zero attached hydrogens (tertiary/aromatic N) is 1. The zero-order chi connectivity index (χ0) is 17.8. The molecule has 0 atom stereocenters. The minimum Gasteiger partial charge on any atom is -0.507 e. The van der Waals surface area contributed by atoms with Crippen molar-refractivity contribution in [1.29, 1.82) is 0 Å². The van der Waals surface area contributed by atoms with Gasteiger partial charge in [0.2, 0.25) is 0 Å². The van der Waals surface area contributed by atoms with E-state index in [-0.39, 0.29) is 17.2 Å². The fraction of sp³-hybridized carbons (Fsp3) is 0.0500. The van der Waals surface area contributed by atoms with Crippen LogP contribution in [0.4, 0.5) is 4.39 Å². The van der Waals surface area contributed by atoms with Crippen LogP contribution in [0.3, 0.4) is 0 Å². The number of aromatic hydroxyl groups is 1. The van der Waals surface area contributed by atoms with Gasteiger partial charge in [-0.15, -0.1) is 0 Å². The maximum Gasteiger partial charge on any atom is 0.165 e. The zero-order valence-corrected chi connectivity index (χ0v) is 13.5. The minimum atomic E-state index is -0.478. The van der Waals surface area contributed by atoms with Gasteiger partial charge in [0.05, 0.1) is 7.11 Å². The Bertz CT molecular complexity index is 923. The second kappa shape index (κ2) is 7.05. The molecule has 0 aromatic heterocycles. The Balaban J connectivity index is 2.08. The summed E-state index contributed by atoms with van der Waals surface area (Å²) in [5.74, 6) is -0.354. The summed E-state index contributed by atoms with van der Waals surface area (Å²) in [5.41, 5.74) is 2.52. The van der Waals surface area contributed by atoms with Crippen LogP contribution >= 0.6 is 0 Å². The fourth-order valence-corrected chi connectivity index (χ4v) is 2.61. The number of benzene rings is 3. The second-order valence-corrected chi connectivity index (χ2v) is 5.40. The SMILES string of the molecule is COc1ccc(-c2ccc(O)c(/C(=N/O)c3ccccc3)c2)cc1F. The highest BCUT2D eigenvalue weighted by atomic mass is 19.1. The molecule has 0 aliphatic rings. The van der Waals surface area contributed by atoms with Crippen molar-refractivity contribution in [3.63, 3.8) is 0 Å². The van der Waals surface area contributed by atoms with E-state index in [1.165, 1.54) is 25.3 Å². The third-order valence-electron chi connectivity index (χ3n) is 3.88. The molecule has 0 radical (unpaired) electrons. The van der Waals surface area contributed by atoms with E-state index in [9.17, 15) is 14.7 Å². The van der Waals surface area contributed by atoms with Gasteiger partial charge in [0, 0.05) is 11.1 Å². The minimum absolute atomic E-state index is 0.0330. The van der Waals surface area contributed by atoms with Crippen molar-refractivity contribution in [3.8, 4) is 22.6 Å². The third-order valence-corrected chi connectivity index (χ3v) is 3.88. The molecule has 0 spiro atoms. The number of methoxy groups -OCH3 is 1. The van der Waals surface area contributed by atoms with Crippen LogP contribution in [0.5, 0.6) is 11.5 Å². The molecule has 25 heavy (non-hydrogen) atoms. The number of oxime groups is 1. The first-order chi connectivity index (χ1) is 12.1. The molecule has 5 heteroatoms. The predicted molar refractivity (Wildman–Crippen MR) is 93.9 cm³/mol. The van der Waals surface area contributed by atoms with Gasteiger partial charge in [0.25, 0.3) is 0 Å². The van der Waals surface area contributed by atoms with Crippen molar-refractivity contribution in [2.75, 3.05) is 7.11 Å². The van der Waals surface area contributed by atoms with E-state index < -0.39 is 5.82 Å². The van der Waals surface area contributed by atoms with Crippen LogP contribution in [0.1, 0.15) is 11.1 Å². The van der Waals surface area contributed by atoms with Gasteiger partial charge in [0.1, 0.15) is 11.5 Å². The molecule has 4 nitrogen and oxygen atoms in total. The molecule has 0 saturated carbocycles. The molecule has 0 aliphatic heterocycles. The molecule has 3 aromatic carbocycles. The normalized spacial score (nSPS) is 11.4. The van der Waals surface area contributed by atoms with Gasteiger partial charge in [-0.05, 0) is 35.4 Å². The summed E-state index contributed by atoms with van der Waals surface area (Å²) in [5, 5.41) is 23.0. The Labute approximate surface area is 144 Å². The molecule has 3 aromatic rings. The molecule has 0 heterocycles. The summed E-state index contributed by atoms with van der Waals surface area (Å²) in [7, 11) is 1.40. The van der Waals surface area contributed by atoms with Gasteiger partial charge in [-0.25, -0.2) is 4.39 Å². The van der Waals surface area contributed by atoms with Crippen molar-refractivity contribution in [2.24, 2.45) is 5.16 Å². The number of hydrogen-bond acceptors (Lipinski definition) is 4. The van der Waals surface area contributed by atoms with E-state index in [2.05, 4.69) is 5.16 Å². The Kier molecular flexibility index (Phi) is 4.66. The quantitative estimate of drug-likeness (QED) is 0.420. The van der Waals surface area contributed by atoms with Crippen LogP contribution in [-0.2, 0) is 0 Å². The van der Waals surface area contributed by atoms with Crippen molar-refractivity contribution < 1.29 is 19.4 Å². The average Bonchev–Trinajstić information content (AvgIpc) is 2.64. The number of phenolic OH excluding ortho intramolecular Hbond substituents is 1. The molecule has 0 unspecified atom stereocenters. The molecule has 2 N–H and O–H groups in total. The Morgan fingerprint density at radius 3 is 2.28 bits per heavy atom. The van der Waals surface area contributed by atoms with Gasteiger partial charge in [-0.2, -0.15) is 0 Å². The van der Waals surface area contributed by atoms with E-state index in [0.29, 0.717) is 22.3 Å². The summed E-state index contributed by atoms with van der Waals surface area (Å²) in [6.45, 7) is 0. The van der Waals surface area contributed by atoms with Gasteiger partial charge in [0.15, 0.2) is 11.6 Å². The van der Waals surface area contributed by atoms with E-state index in [1.54, 1.807) is 42.5 Å². The van der Waals surface area contributed by atoms with Gasteiger partial charge in [-0.1, -0.05) is 47.6 Å². The summed E-state index contributed by atoms with van der Waals surface area (Å²) in [4.78, 5) is 0. The highest BCUT2D eigenvalue weighted by molar-refractivity contribution is 6.14. The zero-order valence-electron chi connectivity index (χ0n) is 13.5. The van der Waals surface area contributed by atoms with Crippen LogP contribution in [0.2, 0.25) is 0 Å². The standard InChI is InChI=1S/C20H16FNO3/c1-25-19-10-8-15(12-17(19)21)14-7-9-18(23)16(11-14)20(22-24)13-5-3-2-4-6-13/h2-12,23-24H,1H3/b22-20+. The number of rotatable bonds is 4. The molecule has 0 bridgehead atoms. The van der Waals surface area contributed by atoms with Crippen molar-refractivity contribution in [1.82, 2.24) is 0 Å². The molecule has 0 aliphatic carbocycles. The lowest BCUT2D eigenvalue weighted by Gasteiger charge is -2.11. The number of hydrogen-bond donors (Lipinski definition) is 2. The first-order valence-electron chi connectivity index (χ1n) is 7.59. The fourth-order valence-electron chi connectivity index (χ4n) is 2.61. The van der Waals surface area contributed by atoms with Crippen molar-refractivity contribution >= 4 is 5.71 Å². The van der Waals surface area contributed by atoms with Crippen LogP contribution in [0.25, 0.3) is 11.1 Å². The molecular formula is C20H16FNO3. The number of ether oxygens (including phenoxy) is 1. The second-order valence-electron chi connectivity index (χ2n) is 5.40. The maximum atomic E-state index is 14.0. The third kappa shape index (κ3) is 3.30. The van der Waals surface area contributed by atoms with Crippen molar-refractivity contribution in [3.05, 3.63) is 83.7 Å². The predicted octanol–water partition coefficient (Wildman–Crippen LogP) is 4.43. The van der Waals surface area contributed by atoms with Gasteiger partial charge < -0.3 is 15.1 Å². The number of phenols is 1. The summed E-state index contributed by atoms with van der Waals surface area (Å²) < 4.78 is 18.9. The van der Waals surface area contributed by atoms with Crippen LogP contribution in [-0.4, -0.2) is 23.1 Å². The molecule has 126 valence electrons. The van der Waals surface area contributed by atoms with Crippen molar-refractivity contribution in [2.45, 2.75) is 0 Å². The van der Waals surface area contributed by atoms with Gasteiger partial charge in [-0.3, -0.25) is 0 Å². The molecule has 0 saturated heterocycles. The first-order valence-corrected chi connectivity index (χ1v) is 7.59. The summed E-state index contributed by atoms with van der Waals surface area (Å²) in [6.07, 6.45) is 0. The lowest BCUT2D eigenvalue weighted by Crippen LogP contribution is -2.04. The number of halogens is 1. The Hall–Kier alpha value is -3.34. The van der Waals surface area contributed by atoms with E-state index >= 15 is 0 Å². The summed E-state index contributed by atoms with van der Waals surface area (Å²) in [6, 6.07) is 18.4. The maximum absolute atomic E-state index is 14.0. The molecule has 0 amide bonds.